The van der Waals surface area contributed by atoms with E-state index >= 15 is 0 Å². The first-order chi connectivity index (χ1) is 10.5. The van der Waals surface area contributed by atoms with Crippen LogP contribution in [-0.4, -0.2) is 5.54 Å². The molecule has 0 amide bonds. The summed E-state index contributed by atoms with van der Waals surface area (Å²) in [7, 11) is 0. The molecular weight excluding hydrogens is 346 g/mol. The Balaban J connectivity index is 0. The van der Waals surface area contributed by atoms with Crippen molar-refractivity contribution >= 4 is 17.0 Å². The van der Waals surface area contributed by atoms with E-state index in [2.05, 4.69) is 27.4 Å². The maximum absolute atomic E-state index is 6.03. The van der Waals surface area contributed by atoms with Crippen LogP contribution in [0.5, 0.6) is 0 Å². The summed E-state index contributed by atoms with van der Waals surface area (Å²) in [5.41, 5.74) is 7.04. The molecule has 2 heteroatoms. The Morgan fingerprint density at radius 1 is 0.696 bits per heavy atom. The Hall–Kier alpha value is 0.180. The van der Waals surface area contributed by atoms with Crippen molar-refractivity contribution < 1.29 is 0 Å². The zero-order chi connectivity index (χ0) is 16.7. The van der Waals surface area contributed by atoms with E-state index in [4.69, 9.17) is 5.73 Å². The third-order valence-electron chi connectivity index (χ3n) is 4.74. The number of hydrogen-bond acceptors (Lipinski definition) is 1. The highest BCUT2D eigenvalue weighted by atomic mass is 79.9. The summed E-state index contributed by atoms with van der Waals surface area (Å²) in [6.07, 6.45) is 20.9. The summed E-state index contributed by atoms with van der Waals surface area (Å²) in [5.74, 6) is 0. The van der Waals surface area contributed by atoms with Gasteiger partial charge in [-0.25, -0.2) is 0 Å². The van der Waals surface area contributed by atoms with Crippen LogP contribution in [0.25, 0.3) is 0 Å². The van der Waals surface area contributed by atoms with Gasteiger partial charge in [-0.3, -0.25) is 0 Å². The van der Waals surface area contributed by atoms with E-state index in [0.29, 0.717) is 0 Å². The van der Waals surface area contributed by atoms with Crippen LogP contribution < -0.4 is 5.73 Å². The molecule has 0 fully saturated rings. The zero-order valence-corrected chi connectivity index (χ0v) is 18.0. The fraction of sp³-hybridized carbons (Fsp3) is 0.905. The van der Waals surface area contributed by atoms with Crippen molar-refractivity contribution in [3.8, 4) is 0 Å². The Morgan fingerprint density at radius 3 is 1.30 bits per heavy atom. The lowest BCUT2D eigenvalue weighted by Gasteiger charge is -2.21. The molecule has 0 bridgehead atoms. The number of hydrogen-bond donors (Lipinski definition) is 1. The van der Waals surface area contributed by atoms with Crippen LogP contribution in [0.4, 0.5) is 0 Å². The highest BCUT2D eigenvalue weighted by Crippen LogP contribution is 2.18. The van der Waals surface area contributed by atoms with Crippen LogP contribution in [0.3, 0.4) is 0 Å². The van der Waals surface area contributed by atoms with Gasteiger partial charge in [-0.15, -0.1) is 17.0 Å². The molecule has 0 unspecified atom stereocenters. The molecule has 0 aliphatic heterocycles. The quantitative estimate of drug-likeness (QED) is 0.212. The van der Waals surface area contributed by atoms with Gasteiger partial charge in [0.15, 0.2) is 0 Å². The molecule has 140 valence electrons. The molecule has 0 rings (SSSR count). The Morgan fingerprint density at radius 2 is 1.00 bits per heavy atom. The SMILES string of the molecule is Br.C=C(CCCCCCCCCCCCCCCC)C(C)(C)N. The van der Waals surface area contributed by atoms with Crippen LogP contribution >= 0.6 is 17.0 Å². The summed E-state index contributed by atoms with van der Waals surface area (Å²) in [4.78, 5) is 0. The standard InChI is InChI=1S/C21H43N.BrH/c1-5-6-7-8-9-10-11-12-13-14-15-16-17-18-19-20(2)21(3,4)22;/h2,5-19,22H2,1,3-4H3;1H. The van der Waals surface area contributed by atoms with Gasteiger partial charge >= 0.3 is 0 Å². The third-order valence-corrected chi connectivity index (χ3v) is 4.74. The first-order valence-electron chi connectivity index (χ1n) is 9.95. The summed E-state index contributed by atoms with van der Waals surface area (Å²) in [6, 6.07) is 0. The molecular formula is C21H44BrN. The van der Waals surface area contributed by atoms with Crippen molar-refractivity contribution in [1.82, 2.24) is 0 Å². The molecule has 0 aromatic carbocycles. The van der Waals surface area contributed by atoms with E-state index < -0.39 is 0 Å². The molecule has 0 heterocycles. The van der Waals surface area contributed by atoms with Crippen LogP contribution in [0.1, 0.15) is 117 Å². The molecule has 0 radical (unpaired) electrons. The summed E-state index contributed by atoms with van der Waals surface area (Å²) < 4.78 is 0. The van der Waals surface area contributed by atoms with E-state index in [9.17, 15) is 0 Å². The minimum Gasteiger partial charge on any atom is -0.322 e. The van der Waals surface area contributed by atoms with Gasteiger partial charge in [0, 0.05) is 5.54 Å². The smallest absolute Gasteiger partial charge is 0.0308 e. The van der Waals surface area contributed by atoms with Crippen LogP contribution in [0.2, 0.25) is 0 Å². The second-order valence-corrected chi connectivity index (χ2v) is 7.67. The Labute approximate surface area is 157 Å². The van der Waals surface area contributed by atoms with Crippen LogP contribution in [0.15, 0.2) is 12.2 Å². The lowest BCUT2D eigenvalue weighted by molar-refractivity contribution is 0.526. The van der Waals surface area contributed by atoms with E-state index in [1.807, 2.05) is 0 Å². The Kier molecular flexibility index (Phi) is 18.8. The minimum atomic E-state index is -0.198. The normalized spacial score (nSPS) is 11.3. The van der Waals surface area contributed by atoms with Gasteiger partial charge in [-0.2, -0.15) is 0 Å². The van der Waals surface area contributed by atoms with Gasteiger partial charge in [0.05, 0.1) is 0 Å². The number of nitrogens with two attached hydrogens (primary N) is 1. The molecule has 0 aromatic heterocycles. The highest BCUT2D eigenvalue weighted by molar-refractivity contribution is 8.93. The third kappa shape index (κ3) is 18.4. The zero-order valence-electron chi connectivity index (χ0n) is 16.3. The van der Waals surface area contributed by atoms with E-state index in [0.717, 1.165) is 6.42 Å². The predicted octanol–water partition coefficient (Wildman–Crippen LogP) is 7.73. The number of halogens is 1. The molecule has 0 saturated carbocycles. The van der Waals surface area contributed by atoms with Gasteiger partial charge in [0.1, 0.15) is 0 Å². The lowest BCUT2D eigenvalue weighted by Crippen LogP contribution is -2.33. The van der Waals surface area contributed by atoms with Crippen molar-refractivity contribution in [3.05, 3.63) is 12.2 Å². The highest BCUT2D eigenvalue weighted by Gasteiger charge is 2.14. The van der Waals surface area contributed by atoms with E-state index in [-0.39, 0.29) is 22.5 Å². The Bertz CT molecular complexity index is 255. The van der Waals surface area contributed by atoms with Crippen LogP contribution in [0, 0.1) is 0 Å². The lowest BCUT2D eigenvalue weighted by atomic mass is 9.92. The average molecular weight is 390 g/mol. The topological polar surface area (TPSA) is 26.0 Å². The summed E-state index contributed by atoms with van der Waals surface area (Å²) in [5, 5.41) is 0. The fourth-order valence-electron chi connectivity index (χ4n) is 2.86. The van der Waals surface area contributed by atoms with Gasteiger partial charge in [0.25, 0.3) is 0 Å². The van der Waals surface area contributed by atoms with Gasteiger partial charge in [0.2, 0.25) is 0 Å². The molecule has 0 aliphatic carbocycles. The average Bonchev–Trinajstić information content (AvgIpc) is 2.46. The van der Waals surface area contributed by atoms with Gasteiger partial charge in [-0.1, -0.05) is 103 Å². The van der Waals surface area contributed by atoms with Gasteiger partial charge in [-0.05, 0) is 26.7 Å². The second kappa shape index (κ2) is 17.0. The number of unbranched alkanes of at least 4 members (excludes halogenated alkanes) is 13. The maximum Gasteiger partial charge on any atom is 0.0308 e. The fourth-order valence-corrected chi connectivity index (χ4v) is 2.86. The van der Waals surface area contributed by atoms with E-state index in [1.54, 1.807) is 0 Å². The van der Waals surface area contributed by atoms with Crippen molar-refractivity contribution in [3.63, 3.8) is 0 Å². The first-order valence-corrected chi connectivity index (χ1v) is 9.95. The molecule has 0 atom stereocenters. The molecule has 0 spiro atoms. The monoisotopic (exact) mass is 389 g/mol. The van der Waals surface area contributed by atoms with Gasteiger partial charge < -0.3 is 5.73 Å². The molecule has 0 aromatic rings. The van der Waals surface area contributed by atoms with Crippen molar-refractivity contribution in [2.24, 2.45) is 5.73 Å². The largest absolute Gasteiger partial charge is 0.322 e. The molecule has 1 nitrogen and oxygen atoms in total. The van der Waals surface area contributed by atoms with Crippen LogP contribution in [-0.2, 0) is 0 Å². The second-order valence-electron chi connectivity index (χ2n) is 7.67. The summed E-state index contributed by atoms with van der Waals surface area (Å²) >= 11 is 0. The van der Waals surface area contributed by atoms with Crippen molar-refractivity contribution in [2.45, 2.75) is 123 Å². The van der Waals surface area contributed by atoms with E-state index in [1.165, 1.54) is 95.5 Å². The maximum atomic E-state index is 6.03. The molecule has 0 aliphatic rings. The van der Waals surface area contributed by atoms with Crippen molar-refractivity contribution in [2.75, 3.05) is 0 Å². The molecule has 0 saturated heterocycles. The predicted molar refractivity (Wildman–Crippen MR) is 113 cm³/mol. The molecule has 23 heavy (non-hydrogen) atoms. The molecule has 2 N–H and O–H groups in total. The number of rotatable bonds is 16. The minimum absolute atomic E-state index is 0. The van der Waals surface area contributed by atoms with Crippen molar-refractivity contribution in [1.29, 1.82) is 0 Å². The summed E-state index contributed by atoms with van der Waals surface area (Å²) in [6.45, 7) is 10.5. The first kappa shape index (κ1) is 25.4.